The van der Waals surface area contributed by atoms with Gasteiger partial charge in [0.1, 0.15) is 22.2 Å². The minimum Gasteiger partial charge on any atom is -0.487 e. The molecule has 2 aliphatic rings. The van der Waals surface area contributed by atoms with Crippen molar-refractivity contribution in [2.45, 2.75) is 24.8 Å². The number of nitrogens with zero attached hydrogens (tertiary/aromatic N) is 5. The van der Waals surface area contributed by atoms with Crippen molar-refractivity contribution in [3.05, 3.63) is 36.5 Å². The minimum atomic E-state index is -3.70. The molecule has 1 atom stereocenters. The van der Waals surface area contributed by atoms with Crippen molar-refractivity contribution in [2.75, 3.05) is 42.5 Å². The second-order valence-electron chi connectivity index (χ2n) is 7.90. The number of rotatable bonds is 3. The van der Waals surface area contributed by atoms with Gasteiger partial charge in [-0.2, -0.15) is 4.31 Å². The van der Waals surface area contributed by atoms with Gasteiger partial charge in [0.25, 0.3) is 0 Å². The number of anilines is 2. The zero-order chi connectivity index (χ0) is 22.5. The molecular formula is C21H23N5O4S2. The van der Waals surface area contributed by atoms with Crippen LogP contribution in [0.2, 0.25) is 0 Å². The van der Waals surface area contributed by atoms with Gasteiger partial charge in [-0.25, -0.2) is 18.4 Å². The van der Waals surface area contributed by atoms with E-state index in [2.05, 4.69) is 14.9 Å². The Morgan fingerprint density at radius 1 is 1.19 bits per heavy atom. The van der Waals surface area contributed by atoms with Gasteiger partial charge in [0, 0.05) is 39.3 Å². The highest BCUT2D eigenvalue weighted by atomic mass is 32.2. The number of hydrogen-bond donors (Lipinski definition) is 0. The molecule has 0 N–H and O–H groups in total. The highest BCUT2D eigenvalue weighted by Gasteiger charge is 2.32. The van der Waals surface area contributed by atoms with E-state index in [-0.39, 0.29) is 16.9 Å². The Morgan fingerprint density at radius 3 is 2.69 bits per heavy atom. The van der Waals surface area contributed by atoms with Crippen molar-refractivity contribution in [3.63, 3.8) is 0 Å². The molecular weight excluding hydrogens is 450 g/mol. The predicted octanol–water partition coefficient (Wildman–Crippen LogP) is 2.34. The number of benzene rings is 1. The van der Waals surface area contributed by atoms with E-state index >= 15 is 0 Å². The monoisotopic (exact) mass is 473 g/mol. The van der Waals surface area contributed by atoms with Gasteiger partial charge in [-0.3, -0.25) is 4.79 Å². The third-order valence-electron chi connectivity index (χ3n) is 5.67. The summed E-state index contributed by atoms with van der Waals surface area (Å²) >= 11 is 1.51. The van der Waals surface area contributed by atoms with Crippen LogP contribution in [0.25, 0.3) is 10.3 Å². The number of pyridine rings is 1. The lowest BCUT2D eigenvalue weighted by Crippen LogP contribution is -2.48. The van der Waals surface area contributed by atoms with Gasteiger partial charge in [-0.05, 0) is 37.3 Å². The first kappa shape index (κ1) is 21.1. The Labute approximate surface area is 190 Å². The van der Waals surface area contributed by atoms with Crippen molar-refractivity contribution < 1.29 is 17.9 Å². The van der Waals surface area contributed by atoms with Crippen molar-refractivity contribution >= 4 is 48.4 Å². The fourth-order valence-corrected chi connectivity index (χ4v) is 6.44. The number of ether oxygens (including phenoxy) is 1. The van der Waals surface area contributed by atoms with E-state index in [1.165, 1.54) is 22.6 Å². The average molecular weight is 474 g/mol. The minimum absolute atomic E-state index is 0.144. The van der Waals surface area contributed by atoms with Crippen molar-refractivity contribution in [2.24, 2.45) is 0 Å². The fraction of sp³-hybridized carbons (Fsp3) is 0.381. The van der Waals surface area contributed by atoms with Crippen LogP contribution in [0.3, 0.4) is 0 Å². The Balaban J connectivity index is 1.35. The van der Waals surface area contributed by atoms with Gasteiger partial charge in [0.15, 0.2) is 5.13 Å². The molecule has 3 aromatic rings. The Kier molecular flexibility index (Phi) is 5.26. The molecule has 4 heterocycles. The number of thiazole rings is 1. The molecule has 0 aliphatic carbocycles. The van der Waals surface area contributed by atoms with Crippen LogP contribution in [-0.2, 0) is 14.8 Å². The van der Waals surface area contributed by atoms with Crippen LogP contribution in [0.4, 0.5) is 10.8 Å². The van der Waals surface area contributed by atoms with Crippen LogP contribution in [0, 0.1) is 0 Å². The SMILES string of the molecule is CC(=O)N1CC(C)Oc2ccc(S(=O)(=O)N3CCN(c4nc5cccnc5s4)CC3)cc21. The number of carbonyl (C=O) groups is 1. The lowest BCUT2D eigenvalue weighted by Gasteiger charge is -2.35. The fourth-order valence-electron chi connectivity index (χ4n) is 4.04. The van der Waals surface area contributed by atoms with E-state index in [4.69, 9.17) is 4.74 Å². The van der Waals surface area contributed by atoms with Crippen LogP contribution in [0.15, 0.2) is 41.4 Å². The second-order valence-corrected chi connectivity index (χ2v) is 10.8. The third kappa shape index (κ3) is 3.70. The van der Waals surface area contributed by atoms with E-state index in [9.17, 15) is 13.2 Å². The number of aromatic nitrogens is 2. The van der Waals surface area contributed by atoms with Gasteiger partial charge < -0.3 is 14.5 Å². The summed E-state index contributed by atoms with van der Waals surface area (Å²) in [7, 11) is -3.70. The molecule has 5 rings (SSSR count). The zero-order valence-corrected chi connectivity index (χ0v) is 19.4. The van der Waals surface area contributed by atoms with E-state index in [1.807, 2.05) is 19.1 Å². The predicted molar refractivity (Wildman–Crippen MR) is 123 cm³/mol. The van der Waals surface area contributed by atoms with Crippen LogP contribution >= 0.6 is 11.3 Å². The molecule has 0 radical (unpaired) electrons. The number of carbonyl (C=O) groups excluding carboxylic acids is 1. The van der Waals surface area contributed by atoms with Gasteiger partial charge in [-0.15, -0.1) is 0 Å². The summed E-state index contributed by atoms with van der Waals surface area (Å²) < 4.78 is 34.0. The number of sulfonamides is 1. The summed E-state index contributed by atoms with van der Waals surface area (Å²) in [5, 5.41) is 0.855. The summed E-state index contributed by atoms with van der Waals surface area (Å²) in [5.41, 5.74) is 1.35. The molecule has 1 saturated heterocycles. The van der Waals surface area contributed by atoms with Crippen LogP contribution in [0.5, 0.6) is 5.75 Å². The van der Waals surface area contributed by atoms with Gasteiger partial charge in [0.2, 0.25) is 15.9 Å². The van der Waals surface area contributed by atoms with Crippen molar-refractivity contribution in [1.82, 2.24) is 14.3 Å². The van der Waals surface area contributed by atoms with Crippen molar-refractivity contribution in [1.29, 1.82) is 0 Å². The number of amides is 1. The normalized spacial score (nSPS) is 19.6. The summed E-state index contributed by atoms with van der Waals surface area (Å²) in [5.74, 6) is 0.377. The second kappa shape index (κ2) is 7.98. The molecule has 32 heavy (non-hydrogen) atoms. The molecule has 11 heteroatoms. The summed E-state index contributed by atoms with van der Waals surface area (Å²) in [4.78, 5) is 25.8. The van der Waals surface area contributed by atoms with Gasteiger partial charge >= 0.3 is 0 Å². The molecule has 0 spiro atoms. The molecule has 1 amide bonds. The number of fused-ring (bicyclic) bond motifs is 2. The maximum atomic E-state index is 13.3. The van der Waals surface area contributed by atoms with E-state index < -0.39 is 10.0 Å². The van der Waals surface area contributed by atoms with Crippen LogP contribution in [-0.4, -0.2) is 67.4 Å². The standard InChI is InChI=1S/C21H23N5O4S2/c1-14-13-26(15(2)27)18-12-16(5-6-19(18)30-14)32(28,29)25-10-8-24(9-11-25)21-23-17-4-3-7-22-20(17)31-21/h3-7,12,14H,8-11,13H2,1-2H3. The first-order valence-electron chi connectivity index (χ1n) is 10.4. The summed E-state index contributed by atoms with van der Waals surface area (Å²) in [6.45, 7) is 5.54. The molecule has 168 valence electrons. The highest BCUT2D eigenvalue weighted by molar-refractivity contribution is 7.89. The first-order valence-corrected chi connectivity index (χ1v) is 12.6. The lowest BCUT2D eigenvalue weighted by atomic mass is 10.2. The summed E-state index contributed by atoms with van der Waals surface area (Å²) in [6.07, 6.45) is 1.59. The van der Waals surface area contributed by atoms with Crippen LogP contribution in [0.1, 0.15) is 13.8 Å². The Hall–Kier alpha value is -2.76. The third-order valence-corrected chi connectivity index (χ3v) is 8.61. The molecule has 0 saturated carbocycles. The number of piperazine rings is 1. The Bertz CT molecular complexity index is 1250. The van der Waals surface area contributed by atoms with E-state index in [0.717, 1.165) is 15.5 Å². The number of hydrogen-bond acceptors (Lipinski definition) is 8. The zero-order valence-electron chi connectivity index (χ0n) is 17.8. The molecule has 9 nitrogen and oxygen atoms in total. The molecule has 2 aromatic heterocycles. The average Bonchev–Trinajstić information content (AvgIpc) is 3.22. The largest absolute Gasteiger partial charge is 0.487 e. The van der Waals surface area contributed by atoms with E-state index in [1.54, 1.807) is 29.3 Å². The van der Waals surface area contributed by atoms with Gasteiger partial charge in [-0.1, -0.05) is 11.3 Å². The lowest BCUT2D eigenvalue weighted by molar-refractivity contribution is -0.117. The van der Waals surface area contributed by atoms with Crippen LogP contribution < -0.4 is 14.5 Å². The topological polar surface area (TPSA) is 95.9 Å². The molecule has 1 aromatic carbocycles. The maximum Gasteiger partial charge on any atom is 0.243 e. The van der Waals surface area contributed by atoms with E-state index in [0.29, 0.717) is 44.2 Å². The molecule has 1 unspecified atom stereocenters. The summed E-state index contributed by atoms with van der Waals surface area (Å²) in [6, 6.07) is 8.51. The smallest absolute Gasteiger partial charge is 0.243 e. The van der Waals surface area contributed by atoms with Gasteiger partial charge in [0.05, 0.1) is 17.1 Å². The van der Waals surface area contributed by atoms with Crippen molar-refractivity contribution in [3.8, 4) is 5.75 Å². The highest BCUT2D eigenvalue weighted by Crippen LogP contribution is 2.36. The first-order chi connectivity index (χ1) is 15.3. The molecule has 2 aliphatic heterocycles. The Morgan fingerprint density at radius 2 is 1.97 bits per heavy atom. The quantitative estimate of drug-likeness (QED) is 0.576. The molecule has 0 bridgehead atoms. The maximum absolute atomic E-state index is 13.3. The molecule has 1 fully saturated rings.